The quantitative estimate of drug-likeness (QED) is 0.826. The molecule has 1 heterocycles. The number of primary amides is 1. The van der Waals surface area contributed by atoms with Crippen LogP contribution in [0.2, 0.25) is 0 Å². The highest BCUT2D eigenvalue weighted by Crippen LogP contribution is 2.31. The first-order chi connectivity index (χ1) is 9.63. The molecular weight excluding hydrogens is 361 g/mol. The lowest BCUT2D eigenvalue weighted by molar-refractivity contribution is -0.126. The summed E-state index contributed by atoms with van der Waals surface area (Å²) in [5, 5.41) is -0.372. The van der Waals surface area contributed by atoms with Crippen molar-refractivity contribution in [2.45, 2.75) is 32.7 Å². The number of hydrogen-bond donors (Lipinski definition) is 1. The summed E-state index contributed by atoms with van der Waals surface area (Å²) >= 11 is 9.30. The van der Waals surface area contributed by atoms with Crippen molar-refractivity contribution < 1.29 is 9.18 Å². The molecular formula is C14H16BrClFN3O. The lowest BCUT2D eigenvalue weighted by Crippen LogP contribution is -2.35. The van der Waals surface area contributed by atoms with Crippen molar-refractivity contribution in [1.82, 2.24) is 9.55 Å². The third-order valence-corrected chi connectivity index (χ3v) is 4.20. The Balaban J connectivity index is 2.67. The summed E-state index contributed by atoms with van der Waals surface area (Å²) in [5.74, 6) is -0.247. The van der Waals surface area contributed by atoms with Gasteiger partial charge in [0.05, 0.1) is 26.3 Å². The van der Waals surface area contributed by atoms with Crippen molar-refractivity contribution in [1.29, 1.82) is 0 Å². The van der Waals surface area contributed by atoms with Crippen LogP contribution in [0.1, 0.15) is 32.0 Å². The second-order valence-corrected chi connectivity index (χ2v) is 7.18. The number of carbonyl (C=O) groups is 1. The van der Waals surface area contributed by atoms with Gasteiger partial charge in [-0.25, -0.2) is 9.37 Å². The Hall–Kier alpha value is -1.14. The number of aromatic nitrogens is 2. The molecule has 0 saturated heterocycles. The fourth-order valence-corrected chi connectivity index (χ4v) is 2.58. The van der Waals surface area contributed by atoms with E-state index >= 15 is 0 Å². The molecule has 114 valence electrons. The average molecular weight is 377 g/mol. The summed E-state index contributed by atoms with van der Waals surface area (Å²) in [6.07, 6.45) is 0. The highest BCUT2D eigenvalue weighted by atomic mass is 79.9. The predicted molar refractivity (Wildman–Crippen MR) is 84.6 cm³/mol. The normalized spacial score (nSPS) is 13.6. The molecule has 0 fully saturated rings. The molecule has 0 radical (unpaired) electrons. The van der Waals surface area contributed by atoms with E-state index in [9.17, 15) is 9.18 Å². The van der Waals surface area contributed by atoms with Crippen molar-refractivity contribution in [2.75, 3.05) is 0 Å². The fourth-order valence-electron chi connectivity index (χ4n) is 2.08. The summed E-state index contributed by atoms with van der Waals surface area (Å²) in [7, 11) is 0. The molecule has 2 aromatic rings. The van der Waals surface area contributed by atoms with Crippen LogP contribution < -0.4 is 5.73 Å². The van der Waals surface area contributed by atoms with Gasteiger partial charge >= 0.3 is 0 Å². The molecule has 1 unspecified atom stereocenters. The van der Waals surface area contributed by atoms with Gasteiger partial charge in [0.15, 0.2) is 0 Å². The number of nitrogens with two attached hydrogens (primary N) is 1. The Bertz CT molecular complexity index is 712. The van der Waals surface area contributed by atoms with E-state index in [1.54, 1.807) is 31.4 Å². The first kappa shape index (κ1) is 16.2. The van der Waals surface area contributed by atoms with Gasteiger partial charge in [-0.2, -0.15) is 0 Å². The van der Waals surface area contributed by atoms with Gasteiger partial charge < -0.3 is 10.3 Å². The topological polar surface area (TPSA) is 60.9 Å². The molecule has 7 heteroatoms. The average Bonchev–Trinajstić information content (AvgIpc) is 2.68. The molecule has 0 aliphatic rings. The van der Waals surface area contributed by atoms with Gasteiger partial charge in [-0.05, 0) is 42.8 Å². The molecule has 1 aromatic carbocycles. The number of benzene rings is 1. The maximum absolute atomic E-state index is 13.8. The van der Waals surface area contributed by atoms with Gasteiger partial charge in [0.25, 0.3) is 0 Å². The summed E-state index contributed by atoms with van der Waals surface area (Å²) in [5.41, 5.74) is 5.84. The monoisotopic (exact) mass is 375 g/mol. The van der Waals surface area contributed by atoms with E-state index in [1.807, 2.05) is 0 Å². The van der Waals surface area contributed by atoms with Gasteiger partial charge in [-0.3, -0.25) is 4.79 Å². The molecule has 1 amide bonds. The Kier molecular flexibility index (Phi) is 4.31. The molecule has 0 saturated carbocycles. The number of imidazole rings is 1. The SMILES string of the molecule is CC(Cl)c1nc2cc(Br)c(F)cc2n1CC(C)(C)C(N)=O. The molecule has 2 N–H and O–H groups in total. The Morgan fingerprint density at radius 1 is 1.57 bits per heavy atom. The van der Waals surface area contributed by atoms with Crippen LogP contribution in [0.5, 0.6) is 0 Å². The third kappa shape index (κ3) is 3.06. The number of rotatable bonds is 4. The second-order valence-electron chi connectivity index (χ2n) is 5.68. The van der Waals surface area contributed by atoms with Crippen molar-refractivity contribution in [3.05, 3.63) is 28.2 Å². The lowest BCUT2D eigenvalue weighted by Gasteiger charge is -2.23. The van der Waals surface area contributed by atoms with Gasteiger partial charge in [0, 0.05) is 12.6 Å². The number of carbonyl (C=O) groups excluding carboxylic acids is 1. The number of alkyl halides is 1. The van der Waals surface area contributed by atoms with Crippen LogP contribution in [0.4, 0.5) is 4.39 Å². The first-order valence-electron chi connectivity index (χ1n) is 6.42. The van der Waals surface area contributed by atoms with Crippen LogP contribution in [0.3, 0.4) is 0 Å². The number of nitrogens with zero attached hydrogens (tertiary/aromatic N) is 2. The minimum atomic E-state index is -0.794. The third-order valence-electron chi connectivity index (χ3n) is 3.40. The zero-order valence-electron chi connectivity index (χ0n) is 12.0. The van der Waals surface area contributed by atoms with Crippen molar-refractivity contribution in [3.8, 4) is 0 Å². The van der Waals surface area contributed by atoms with Crippen LogP contribution in [-0.4, -0.2) is 15.5 Å². The van der Waals surface area contributed by atoms with Crippen molar-refractivity contribution in [3.63, 3.8) is 0 Å². The van der Waals surface area contributed by atoms with Crippen LogP contribution in [-0.2, 0) is 11.3 Å². The van der Waals surface area contributed by atoms with Gasteiger partial charge in [0.1, 0.15) is 11.6 Å². The molecule has 0 aliphatic carbocycles. The maximum atomic E-state index is 13.8. The van der Waals surface area contributed by atoms with E-state index in [0.717, 1.165) is 0 Å². The highest BCUT2D eigenvalue weighted by molar-refractivity contribution is 9.10. The lowest BCUT2D eigenvalue weighted by atomic mass is 9.92. The molecule has 1 atom stereocenters. The first-order valence-corrected chi connectivity index (χ1v) is 7.65. The van der Waals surface area contributed by atoms with E-state index in [2.05, 4.69) is 20.9 Å². The van der Waals surface area contributed by atoms with Crippen molar-refractivity contribution in [2.24, 2.45) is 11.1 Å². The number of amides is 1. The van der Waals surface area contributed by atoms with Crippen LogP contribution in [0.25, 0.3) is 11.0 Å². The summed E-state index contributed by atoms with van der Waals surface area (Å²) in [6.45, 7) is 5.53. The molecule has 4 nitrogen and oxygen atoms in total. The van der Waals surface area contributed by atoms with E-state index in [0.29, 0.717) is 21.3 Å². The number of fused-ring (bicyclic) bond motifs is 1. The molecule has 0 spiro atoms. The van der Waals surface area contributed by atoms with E-state index < -0.39 is 17.1 Å². The molecule has 0 aliphatic heterocycles. The fraction of sp³-hybridized carbons (Fsp3) is 0.429. The van der Waals surface area contributed by atoms with Gasteiger partial charge in [-0.1, -0.05) is 0 Å². The Morgan fingerprint density at radius 2 is 2.19 bits per heavy atom. The van der Waals surface area contributed by atoms with Crippen molar-refractivity contribution >= 4 is 44.5 Å². The minimum Gasteiger partial charge on any atom is -0.369 e. The summed E-state index contributed by atoms with van der Waals surface area (Å²) < 4.78 is 15.9. The standard InChI is InChI=1S/C14H16BrClFN3O/c1-7(16)12-19-10-4-8(15)9(17)5-11(10)20(12)6-14(2,3)13(18)21/h4-5,7H,6H2,1-3H3,(H2,18,21). The van der Waals surface area contributed by atoms with Gasteiger partial charge in [0.2, 0.25) is 5.91 Å². The van der Waals surface area contributed by atoms with Crippen LogP contribution in [0, 0.1) is 11.2 Å². The molecule has 1 aromatic heterocycles. The minimum absolute atomic E-state index is 0.284. The highest BCUT2D eigenvalue weighted by Gasteiger charge is 2.28. The number of hydrogen-bond acceptors (Lipinski definition) is 2. The number of halogens is 3. The molecule has 0 bridgehead atoms. The zero-order chi connectivity index (χ0) is 15.9. The largest absolute Gasteiger partial charge is 0.369 e. The van der Waals surface area contributed by atoms with Gasteiger partial charge in [-0.15, -0.1) is 11.6 Å². The molecule has 21 heavy (non-hydrogen) atoms. The molecule has 2 rings (SSSR count). The second kappa shape index (κ2) is 5.57. The zero-order valence-corrected chi connectivity index (χ0v) is 14.3. The maximum Gasteiger partial charge on any atom is 0.224 e. The van der Waals surface area contributed by atoms with E-state index in [1.165, 1.54) is 6.07 Å². The smallest absolute Gasteiger partial charge is 0.224 e. The summed E-state index contributed by atoms with van der Waals surface area (Å²) in [4.78, 5) is 16.0. The Labute approximate surface area is 135 Å². The Morgan fingerprint density at radius 3 is 2.71 bits per heavy atom. The predicted octanol–water partition coefficient (Wildman–Crippen LogP) is 3.75. The van der Waals surface area contributed by atoms with E-state index in [-0.39, 0.29) is 11.9 Å². The summed E-state index contributed by atoms with van der Waals surface area (Å²) in [6, 6.07) is 2.98. The van der Waals surface area contributed by atoms with Crippen LogP contribution >= 0.6 is 27.5 Å². The van der Waals surface area contributed by atoms with Crippen LogP contribution in [0.15, 0.2) is 16.6 Å². The van der Waals surface area contributed by atoms with E-state index in [4.69, 9.17) is 17.3 Å².